The minimum Gasteiger partial charge on any atom is -0.207 e. The van der Waals surface area contributed by atoms with Crippen molar-refractivity contribution in [1.82, 2.24) is 4.31 Å². The lowest BCUT2D eigenvalue weighted by Gasteiger charge is -2.25. The third kappa shape index (κ3) is 3.46. The van der Waals surface area contributed by atoms with E-state index < -0.39 is 18.1 Å². The summed E-state index contributed by atoms with van der Waals surface area (Å²) in [6.45, 7) is 13.3. The molecule has 5 heteroatoms. The van der Waals surface area contributed by atoms with E-state index in [0.29, 0.717) is 18.0 Å². The van der Waals surface area contributed by atoms with Crippen LogP contribution in [0.25, 0.3) is 0 Å². The molecule has 3 nitrogen and oxygen atoms in total. The van der Waals surface area contributed by atoms with Crippen LogP contribution in [-0.2, 0) is 10.0 Å². The van der Waals surface area contributed by atoms with Crippen molar-refractivity contribution in [3.8, 4) is 0 Å². The average Bonchev–Trinajstić information content (AvgIpc) is 2.28. The smallest absolute Gasteiger partial charge is 0.207 e. The number of hydrogen-bond donors (Lipinski definition) is 0. The predicted octanol–water partition coefficient (Wildman–Crippen LogP) is 2.57. The zero-order chi connectivity index (χ0) is 14.8. The minimum absolute atomic E-state index is 0.501. The van der Waals surface area contributed by atoms with Gasteiger partial charge in [-0.3, -0.25) is 0 Å². The van der Waals surface area contributed by atoms with Gasteiger partial charge in [-0.05, 0) is 18.2 Å². The van der Waals surface area contributed by atoms with Gasteiger partial charge in [0.25, 0.3) is 0 Å². The van der Waals surface area contributed by atoms with E-state index in [4.69, 9.17) is 0 Å². The van der Waals surface area contributed by atoms with E-state index in [9.17, 15) is 8.42 Å². The Morgan fingerprint density at radius 1 is 1.11 bits per heavy atom. The molecule has 108 valence electrons. The number of rotatable bonds is 5. The van der Waals surface area contributed by atoms with E-state index in [1.165, 1.54) is 4.31 Å². The molecule has 0 atom stereocenters. The lowest BCUT2D eigenvalue weighted by Crippen LogP contribution is -2.44. The third-order valence-corrected chi connectivity index (χ3v) is 7.59. The highest BCUT2D eigenvalue weighted by Gasteiger charge is 2.30. The summed E-state index contributed by atoms with van der Waals surface area (Å²) < 4.78 is 27.0. The van der Waals surface area contributed by atoms with Crippen molar-refractivity contribution in [2.75, 3.05) is 13.1 Å². The molecular weight excluding hydrogens is 274 g/mol. The van der Waals surface area contributed by atoms with E-state index in [2.05, 4.69) is 19.6 Å². The van der Waals surface area contributed by atoms with Crippen LogP contribution in [-0.4, -0.2) is 33.9 Å². The van der Waals surface area contributed by atoms with Crippen LogP contribution in [0.5, 0.6) is 0 Å². The molecule has 0 spiro atoms. The van der Waals surface area contributed by atoms with Crippen LogP contribution in [0.4, 0.5) is 0 Å². The van der Waals surface area contributed by atoms with Gasteiger partial charge in [0.15, 0.2) is 0 Å². The topological polar surface area (TPSA) is 37.4 Å². The maximum Gasteiger partial charge on any atom is 0.242 e. The van der Waals surface area contributed by atoms with Crippen molar-refractivity contribution in [1.29, 1.82) is 0 Å². The Labute approximate surface area is 118 Å². The molecule has 0 bridgehead atoms. The molecule has 0 unspecified atom stereocenters. The van der Waals surface area contributed by atoms with Crippen molar-refractivity contribution in [2.45, 2.75) is 45.3 Å². The van der Waals surface area contributed by atoms with Crippen LogP contribution in [0.2, 0.25) is 19.6 Å². The van der Waals surface area contributed by atoms with Gasteiger partial charge < -0.3 is 0 Å². The summed E-state index contributed by atoms with van der Waals surface area (Å²) in [5.74, 6) is 0. The van der Waals surface area contributed by atoms with Crippen LogP contribution < -0.4 is 5.19 Å². The first-order valence-corrected chi connectivity index (χ1v) is 11.7. The number of aryl methyl sites for hydroxylation is 1. The highest BCUT2D eigenvalue weighted by atomic mass is 32.2. The van der Waals surface area contributed by atoms with E-state index in [0.717, 1.165) is 10.8 Å². The molecule has 19 heavy (non-hydrogen) atoms. The fourth-order valence-corrected chi connectivity index (χ4v) is 6.48. The van der Waals surface area contributed by atoms with Gasteiger partial charge in [-0.15, -0.1) is 0 Å². The molecule has 0 aliphatic rings. The van der Waals surface area contributed by atoms with E-state index >= 15 is 0 Å². The van der Waals surface area contributed by atoms with Gasteiger partial charge in [-0.1, -0.05) is 51.2 Å². The molecule has 0 aliphatic heterocycles. The summed E-state index contributed by atoms with van der Waals surface area (Å²) in [6, 6.07) is 5.71. The molecule has 1 aromatic rings. The zero-order valence-electron chi connectivity index (χ0n) is 12.8. The van der Waals surface area contributed by atoms with Crippen molar-refractivity contribution in [3.63, 3.8) is 0 Å². The molecule has 1 aromatic carbocycles. The number of nitrogens with zero attached hydrogens (tertiary/aromatic N) is 1. The fraction of sp³-hybridized carbons (Fsp3) is 0.571. The lowest BCUT2D eigenvalue weighted by molar-refractivity contribution is 0.445. The standard InChI is InChI=1S/C14H25NO2SSi/c1-7-15(8-2)18(16,17)13-10-9-12(3)11-14(13)19(4,5)6/h9-11H,7-8H2,1-6H3. The lowest BCUT2D eigenvalue weighted by atomic mass is 10.2. The fourth-order valence-electron chi connectivity index (χ4n) is 2.16. The van der Waals surface area contributed by atoms with Gasteiger partial charge in [-0.2, -0.15) is 4.31 Å². The van der Waals surface area contributed by atoms with Crippen molar-refractivity contribution < 1.29 is 8.42 Å². The molecule has 0 aromatic heterocycles. The summed E-state index contributed by atoms with van der Waals surface area (Å²) in [5, 5.41) is 1.03. The Kier molecular flexibility index (Phi) is 4.98. The number of benzene rings is 1. The first-order valence-electron chi connectivity index (χ1n) is 6.75. The largest absolute Gasteiger partial charge is 0.242 e. The quantitative estimate of drug-likeness (QED) is 0.784. The SMILES string of the molecule is CCN(CC)S(=O)(=O)c1ccc(C)cc1[Si](C)(C)C. The van der Waals surface area contributed by atoms with E-state index in [1.807, 2.05) is 32.9 Å². The van der Waals surface area contributed by atoms with Crippen LogP contribution in [0, 0.1) is 6.92 Å². The molecule has 0 N–H and O–H groups in total. The second-order valence-electron chi connectivity index (χ2n) is 5.84. The van der Waals surface area contributed by atoms with Crippen LogP contribution in [0.3, 0.4) is 0 Å². The normalized spacial score (nSPS) is 13.0. The van der Waals surface area contributed by atoms with Gasteiger partial charge in [0.1, 0.15) is 0 Å². The monoisotopic (exact) mass is 299 g/mol. The van der Waals surface area contributed by atoms with Crippen LogP contribution in [0.1, 0.15) is 19.4 Å². The maximum atomic E-state index is 12.7. The molecule has 0 amide bonds. The molecule has 0 saturated heterocycles. The summed E-state index contributed by atoms with van der Waals surface area (Å²) >= 11 is 0. The van der Waals surface area contributed by atoms with E-state index in [1.54, 1.807) is 6.07 Å². The van der Waals surface area contributed by atoms with Gasteiger partial charge in [0.2, 0.25) is 10.0 Å². The minimum atomic E-state index is -3.36. The Morgan fingerprint density at radius 2 is 1.63 bits per heavy atom. The summed E-state index contributed by atoms with van der Waals surface area (Å²) in [7, 11) is -5.06. The number of sulfonamides is 1. The van der Waals surface area contributed by atoms with Gasteiger partial charge >= 0.3 is 0 Å². The number of hydrogen-bond acceptors (Lipinski definition) is 2. The Hall–Kier alpha value is -0.653. The van der Waals surface area contributed by atoms with Crippen molar-refractivity contribution in [3.05, 3.63) is 23.8 Å². The average molecular weight is 300 g/mol. The Morgan fingerprint density at radius 3 is 2.05 bits per heavy atom. The second-order valence-corrected chi connectivity index (χ2v) is 12.8. The highest BCUT2D eigenvalue weighted by molar-refractivity contribution is 7.89. The first-order chi connectivity index (χ1) is 8.64. The van der Waals surface area contributed by atoms with Gasteiger partial charge in [0, 0.05) is 13.1 Å². The highest BCUT2D eigenvalue weighted by Crippen LogP contribution is 2.18. The summed E-state index contributed by atoms with van der Waals surface area (Å²) in [4.78, 5) is 0.501. The summed E-state index contributed by atoms with van der Waals surface area (Å²) in [5.41, 5.74) is 1.12. The van der Waals surface area contributed by atoms with Crippen LogP contribution >= 0.6 is 0 Å². The summed E-state index contributed by atoms with van der Waals surface area (Å²) in [6.07, 6.45) is 0. The van der Waals surface area contributed by atoms with Gasteiger partial charge in [-0.25, -0.2) is 8.42 Å². The van der Waals surface area contributed by atoms with Gasteiger partial charge in [0.05, 0.1) is 13.0 Å². The third-order valence-electron chi connectivity index (χ3n) is 3.27. The Balaban J connectivity index is 3.51. The molecule has 0 fully saturated rings. The predicted molar refractivity (Wildman–Crippen MR) is 84.3 cm³/mol. The molecule has 1 rings (SSSR count). The molecular formula is C14H25NO2SSi. The van der Waals surface area contributed by atoms with E-state index in [-0.39, 0.29) is 0 Å². The van der Waals surface area contributed by atoms with Crippen molar-refractivity contribution >= 4 is 23.3 Å². The first kappa shape index (κ1) is 16.4. The Bertz CT molecular complexity index is 543. The van der Waals surface area contributed by atoms with Crippen LogP contribution in [0.15, 0.2) is 23.1 Å². The maximum absolute atomic E-state index is 12.7. The molecule has 0 saturated carbocycles. The molecule has 0 aliphatic carbocycles. The zero-order valence-corrected chi connectivity index (χ0v) is 14.6. The molecule has 0 heterocycles. The second kappa shape index (κ2) is 5.77. The molecule has 0 radical (unpaired) electrons. The van der Waals surface area contributed by atoms with Crippen molar-refractivity contribution in [2.24, 2.45) is 0 Å².